The van der Waals surface area contributed by atoms with Crippen LogP contribution in [0.3, 0.4) is 0 Å². The number of rotatable bonds is 3. The number of aromatic hydroxyl groups is 1. The summed E-state index contributed by atoms with van der Waals surface area (Å²) in [5, 5.41) is 16.0. The molecule has 100 valence electrons. The van der Waals surface area contributed by atoms with E-state index in [1.54, 1.807) is 30.1 Å². The summed E-state index contributed by atoms with van der Waals surface area (Å²) in [5.74, 6) is 0.541. The van der Waals surface area contributed by atoms with Crippen LogP contribution < -0.4 is 9.54 Å². The Morgan fingerprint density at radius 3 is 2.84 bits per heavy atom. The number of phenols is 1. The third-order valence-corrected chi connectivity index (χ3v) is 3.59. The molecule has 2 rings (SSSR count). The molecule has 0 atom stereocenters. The Morgan fingerprint density at radius 2 is 2.21 bits per heavy atom. The van der Waals surface area contributed by atoms with Crippen LogP contribution in [0.5, 0.6) is 11.5 Å². The summed E-state index contributed by atoms with van der Waals surface area (Å²) in [5.41, 5.74) is 1.80. The van der Waals surface area contributed by atoms with Crippen molar-refractivity contribution in [1.82, 2.24) is 4.68 Å². The molecule has 0 bridgehead atoms. The van der Waals surface area contributed by atoms with Gasteiger partial charge in [0.1, 0.15) is 0 Å². The summed E-state index contributed by atoms with van der Waals surface area (Å²) in [6.45, 7) is 1.97. The number of nitrogens with zero attached hydrogens (tertiary/aromatic N) is 3. The first-order valence-corrected chi connectivity index (χ1v) is 6.55. The van der Waals surface area contributed by atoms with E-state index >= 15 is 0 Å². The fourth-order valence-electron chi connectivity index (χ4n) is 1.59. The van der Waals surface area contributed by atoms with Crippen molar-refractivity contribution in [2.45, 2.75) is 6.92 Å². The number of benzene rings is 1. The first kappa shape index (κ1) is 13.4. The minimum absolute atomic E-state index is 0.0962. The van der Waals surface area contributed by atoms with Gasteiger partial charge in [-0.15, -0.1) is 11.3 Å². The van der Waals surface area contributed by atoms with Crippen LogP contribution in [0.25, 0.3) is 0 Å². The van der Waals surface area contributed by atoms with Crippen LogP contribution in [-0.2, 0) is 0 Å². The van der Waals surface area contributed by atoms with Crippen LogP contribution in [0, 0.1) is 6.92 Å². The number of methoxy groups -OCH3 is 1. The molecule has 1 aromatic carbocycles. The number of aromatic nitrogens is 1. The lowest BCUT2D eigenvalue weighted by Gasteiger charge is -2.03. The van der Waals surface area contributed by atoms with Crippen LogP contribution in [0.15, 0.2) is 33.7 Å². The summed E-state index contributed by atoms with van der Waals surface area (Å²) in [6.07, 6.45) is 1.67. The molecule has 0 saturated carbocycles. The van der Waals surface area contributed by atoms with Crippen molar-refractivity contribution in [2.75, 3.05) is 14.2 Å². The summed E-state index contributed by atoms with van der Waals surface area (Å²) in [7, 11) is 3.25. The Hall–Kier alpha value is -2.08. The van der Waals surface area contributed by atoms with Crippen LogP contribution in [-0.4, -0.2) is 30.2 Å². The highest BCUT2D eigenvalue weighted by atomic mass is 32.1. The maximum Gasteiger partial charge on any atom is 0.205 e. The average molecular weight is 277 g/mol. The van der Waals surface area contributed by atoms with Crippen molar-refractivity contribution in [3.05, 3.63) is 39.6 Å². The Bertz CT molecular complexity index is 671. The van der Waals surface area contributed by atoms with Crippen molar-refractivity contribution in [3.63, 3.8) is 0 Å². The summed E-state index contributed by atoms with van der Waals surface area (Å²) in [4.78, 5) is 4.97. The Labute approximate surface area is 115 Å². The maximum absolute atomic E-state index is 9.69. The number of thiazole rings is 1. The predicted octanol–water partition coefficient (Wildman–Crippen LogP) is 1.98. The lowest BCUT2D eigenvalue weighted by molar-refractivity contribution is 0.373. The van der Waals surface area contributed by atoms with Gasteiger partial charge in [0.05, 0.1) is 19.0 Å². The Balaban J connectivity index is 2.33. The van der Waals surface area contributed by atoms with Gasteiger partial charge in [0.25, 0.3) is 0 Å². The Kier molecular flexibility index (Phi) is 4.01. The summed E-state index contributed by atoms with van der Waals surface area (Å²) >= 11 is 1.53. The van der Waals surface area contributed by atoms with Gasteiger partial charge in [-0.25, -0.2) is 4.68 Å². The molecular formula is C13H15N3O2S. The van der Waals surface area contributed by atoms with E-state index in [4.69, 9.17) is 4.74 Å². The van der Waals surface area contributed by atoms with Gasteiger partial charge in [0.15, 0.2) is 11.5 Å². The van der Waals surface area contributed by atoms with Gasteiger partial charge in [-0.05, 0) is 30.7 Å². The van der Waals surface area contributed by atoms with Gasteiger partial charge in [0, 0.05) is 12.4 Å². The monoisotopic (exact) mass is 277 g/mol. The molecule has 0 unspecified atom stereocenters. The molecule has 19 heavy (non-hydrogen) atoms. The van der Waals surface area contributed by atoms with E-state index in [9.17, 15) is 5.11 Å². The fraction of sp³-hybridized carbons (Fsp3) is 0.231. The lowest BCUT2D eigenvalue weighted by Crippen LogP contribution is -2.11. The predicted molar refractivity (Wildman–Crippen MR) is 76.2 cm³/mol. The molecule has 0 radical (unpaired) electrons. The van der Waals surface area contributed by atoms with Crippen molar-refractivity contribution in [2.24, 2.45) is 10.1 Å². The molecule has 1 N–H and O–H groups in total. The molecule has 0 saturated heterocycles. The van der Waals surface area contributed by atoms with Gasteiger partial charge in [-0.3, -0.25) is 4.99 Å². The van der Waals surface area contributed by atoms with Crippen LogP contribution >= 0.6 is 11.3 Å². The van der Waals surface area contributed by atoms with E-state index in [0.29, 0.717) is 5.75 Å². The van der Waals surface area contributed by atoms with Crippen LogP contribution in [0.2, 0.25) is 0 Å². The summed E-state index contributed by atoms with van der Waals surface area (Å²) in [6, 6.07) is 5.13. The lowest BCUT2D eigenvalue weighted by atomic mass is 10.2. The largest absolute Gasteiger partial charge is 0.504 e. The highest BCUT2D eigenvalue weighted by Crippen LogP contribution is 2.25. The SMILES string of the molecule is CN=c1scc(C)n1N=Cc1ccc(OC)c(O)c1. The average Bonchev–Trinajstić information content (AvgIpc) is 2.77. The van der Waals surface area contributed by atoms with Gasteiger partial charge in [-0.2, -0.15) is 5.10 Å². The minimum Gasteiger partial charge on any atom is -0.504 e. The number of hydrogen-bond acceptors (Lipinski definition) is 5. The topological polar surface area (TPSA) is 59.1 Å². The molecule has 1 heterocycles. The van der Waals surface area contributed by atoms with E-state index in [-0.39, 0.29) is 5.75 Å². The molecule has 2 aromatic rings. The van der Waals surface area contributed by atoms with Crippen molar-refractivity contribution in [1.29, 1.82) is 0 Å². The molecule has 0 aliphatic carbocycles. The van der Waals surface area contributed by atoms with Crippen LogP contribution in [0.1, 0.15) is 11.3 Å². The van der Waals surface area contributed by atoms with Gasteiger partial charge < -0.3 is 9.84 Å². The number of hydrogen-bond donors (Lipinski definition) is 1. The number of aryl methyl sites for hydroxylation is 1. The number of phenolic OH excluding ortho intramolecular Hbond substituents is 1. The molecule has 0 amide bonds. The first-order valence-electron chi connectivity index (χ1n) is 5.67. The fourth-order valence-corrected chi connectivity index (χ4v) is 2.36. The van der Waals surface area contributed by atoms with E-state index in [1.807, 2.05) is 18.4 Å². The highest BCUT2D eigenvalue weighted by molar-refractivity contribution is 7.07. The van der Waals surface area contributed by atoms with E-state index in [2.05, 4.69) is 10.1 Å². The smallest absolute Gasteiger partial charge is 0.205 e. The zero-order valence-electron chi connectivity index (χ0n) is 11.0. The van der Waals surface area contributed by atoms with E-state index < -0.39 is 0 Å². The zero-order chi connectivity index (χ0) is 13.8. The van der Waals surface area contributed by atoms with E-state index in [1.165, 1.54) is 18.4 Å². The molecule has 6 heteroatoms. The zero-order valence-corrected chi connectivity index (χ0v) is 11.8. The summed E-state index contributed by atoms with van der Waals surface area (Å²) < 4.78 is 6.75. The van der Waals surface area contributed by atoms with Crippen molar-refractivity contribution >= 4 is 17.6 Å². The minimum atomic E-state index is 0.0962. The normalized spacial score (nSPS) is 12.3. The van der Waals surface area contributed by atoms with Gasteiger partial charge in [0.2, 0.25) is 4.80 Å². The molecule has 5 nitrogen and oxygen atoms in total. The molecular weight excluding hydrogens is 262 g/mol. The standard InChI is InChI=1S/C13H15N3O2S/c1-9-8-19-13(14-2)16(9)15-7-10-4-5-12(18-3)11(17)6-10/h4-8,17H,1-3H3. The Morgan fingerprint density at radius 1 is 1.42 bits per heavy atom. The molecule has 0 fully saturated rings. The number of ether oxygens (including phenoxy) is 1. The van der Waals surface area contributed by atoms with Crippen molar-refractivity contribution < 1.29 is 9.84 Å². The van der Waals surface area contributed by atoms with Gasteiger partial charge >= 0.3 is 0 Å². The maximum atomic E-state index is 9.69. The third-order valence-electron chi connectivity index (χ3n) is 2.57. The molecule has 0 spiro atoms. The molecule has 0 aliphatic heterocycles. The highest BCUT2D eigenvalue weighted by Gasteiger charge is 2.01. The third kappa shape index (κ3) is 2.85. The van der Waals surface area contributed by atoms with Crippen molar-refractivity contribution in [3.8, 4) is 11.5 Å². The molecule has 1 aromatic heterocycles. The molecule has 0 aliphatic rings. The second-order valence-electron chi connectivity index (χ2n) is 3.87. The quantitative estimate of drug-likeness (QED) is 0.872. The second-order valence-corrected chi connectivity index (χ2v) is 4.71. The first-order chi connectivity index (χ1) is 9.15. The van der Waals surface area contributed by atoms with Gasteiger partial charge in [-0.1, -0.05) is 0 Å². The van der Waals surface area contributed by atoms with E-state index in [0.717, 1.165) is 16.1 Å². The second kappa shape index (κ2) is 5.71. The van der Waals surface area contributed by atoms with Crippen LogP contribution in [0.4, 0.5) is 0 Å².